The maximum Gasteiger partial charge on any atom is 0.240 e. The predicted octanol–water partition coefficient (Wildman–Crippen LogP) is 2.35. The molecule has 26 heavy (non-hydrogen) atoms. The summed E-state index contributed by atoms with van der Waals surface area (Å²) < 4.78 is 34.2. The van der Waals surface area contributed by atoms with E-state index in [2.05, 4.69) is 14.9 Å². The molecule has 1 aliphatic heterocycles. The van der Waals surface area contributed by atoms with Gasteiger partial charge in [-0.25, -0.2) is 13.1 Å². The van der Waals surface area contributed by atoms with Crippen molar-refractivity contribution in [1.82, 2.24) is 10.0 Å². The molecular formula is C19H31N3O3S. The second-order valence-corrected chi connectivity index (χ2v) is 9.09. The van der Waals surface area contributed by atoms with E-state index in [1.54, 1.807) is 25.3 Å². The smallest absolute Gasteiger partial charge is 0.240 e. The van der Waals surface area contributed by atoms with Gasteiger partial charge in [-0.05, 0) is 43.9 Å². The summed E-state index contributed by atoms with van der Waals surface area (Å²) in [7, 11) is -1.92. The van der Waals surface area contributed by atoms with Crippen LogP contribution in [0, 0.1) is 5.92 Å². The summed E-state index contributed by atoms with van der Waals surface area (Å²) in [6.45, 7) is 5.44. The van der Waals surface area contributed by atoms with Crippen molar-refractivity contribution < 1.29 is 13.2 Å². The summed E-state index contributed by atoms with van der Waals surface area (Å²) in [5.41, 5.74) is 0.849. The lowest BCUT2D eigenvalue weighted by molar-refractivity contribution is 0.303. The second kappa shape index (κ2) is 8.59. The molecule has 1 aromatic rings. The van der Waals surface area contributed by atoms with Gasteiger partial charge in [0.1, 0.15) is 5.75 Å². The van der Waals surface area contributed by atoms with Gasteiger partial charge in [-0.3, -0.25) is 0 Å². The van der Waals surface area contributed by atoms with Crippen LogP contribution in [0.3, 0.4) is 0 Å². The molecule has 0 amide bonds. The molecule has 1 aliphatic carbocycles. The largest absolute Gasteiger partial charge is 0.495 e. The SMILES string of the molecule is COc1ccc(S(=O)(=O)N[C@H](C)C2CCCCC2)cc1N1CCNCC1. The van der Waals surface area contributed by atoms with Crippen LogP contribution < -0.4 is 19.7 Å². The number of nitrogens with one attached hydrogen (secondary N) is 2. The molecule has 1 saturated carbocycles. The number of piperazine rings is 1. The van der Waals surface area contributed by atoms with E-state index < -0.39 is 10.0 Å². The lowest BCUT2D eigenvalue weighted by atomic mass is 9.85. The monoisotopic (exact) mass is 381 g/mol. The van der Waals surface area contributed by atoms with Crippen LogP contribution in [0.1, 0.15) is 39.0 Å². The minimum absolute atomic E-state index is 0.0370. The van der Waals surface area contributed by atoms with Crippen molar-refractivity contribution in [3.8, 4) is 5.75 Å². The molecule has 1 heterocycles. The molecular weight excluding hydrogens is 350 g/mol. The first-order chi connectivity index (χ1) is 12.5. The first-order valence-electron chi connectivity index (χ1n) is 9.67. The van der Waals surface area contributed by atoms with E-state index in [-0.39, 0.29) is 6.04 Å². The number of ether oxygens (including phenoxy) is 1. The highest BCUT2D eigenvalue weighted by Gasteiger charge is 2.26. The van der Waals surface area contributed by atoms with Crippen molar-refractivity contribution in [2.24, 2.45) is 5.92 Å². The Morgan fingerprint density at radius 2 is 1.88 bits per heavy atom. The van der Waals surface area contributed by atoms with Crippen molar-refractivity contribution in [2.75, 3.05) is 38.2 Å². The van der Waals surface area contributed by atoms with Crippen LogP contribution in [-0.4, -0.2) is 47.7 Å². The van der Waals surface area contributed by atoms with E-state index in [0.717, 1.165) is 44.7 Å². The Hall–Kier alpha value is -1.31. The molecule has 1 atom stereocenters. The molecule has 2 N–H and O–H groups in total. The summed E-state index contributed by atoms with van der Waals surface area (Å²) in [5, 5.41) is 3.32. The van der Waals surface area contributed by atoms with Crippen LogP contribution in [0.4, 0.5) is 5.69 Å². The normalized spacial score (nSPS) is 20.8. The first kappa shape index (κ1) is 19.5. The topological polar surface area (TPSA) is 70.7 Å². The van der Waals surface area contributed by atoms with Crippen molar-refractivity contribution in [1.29, 1.82) is 0 Å². The Morgan fingerprint density at radius 1 is 1.19 bits per heavy atom. The van der Waals surface area contributed by atoms with Gasteiger partial charge in [0, 0.05) is 32.2 Å². The maximum atomic E-state index is 12.9. The molecule has 2 fully saturated rings. The van der Waals surface area contributed by atoms with Gasteiger partial charge in [-0.1, -0.05) is 19.3 Å². The number of benzene rings is 1. The highest BCUT2D eigenvalue weighted by molar-refractivity contribution is 7.89. The van der Waals surface area contributed by atoms with Gasteiger partial charge in [0.15, 0.2) is 0 Å². The molecule has 0 aromatic heterocycles. The van der Waals surface area contributed by atoms with Gasteiger partial charge in [-0.2, -0.15) is 0 Å². The number of anilines is 1. The van der Waals surface area contributed by atoms with Crippen LogP contribution in [0.25, 0.3) is 0 Å². The van der Waals surface area contributed by atoms with E-state index >= 15 is 0 Å². The fourth-order valence-electron chi connectivity index (χ4n) is 4.03. The lowest BCUT2D eigenvalue weighted by Crippen LogP contribution is -2.43. The zero-order chi connectivity index (χ0) is 18.6. The number of rotatable bonds is 6. The number of nitrogens with zero attached hydrogens (tertiary/aromatic N) is 1. The second-order valence-electron chi connectivity index (χ2n) is 7.38. The fraction of sp³-hybridized carbons (Fsp3) is 0.684. The van der Waals surface area contributed by atoms with Gasteiger partial charge in [0.25, 0.3) is 0 Å². The molecule has 0 spiro atoms. The van der Waals surface area contributed by atoms with E-state index in [4.69, 9.17) is 4.74 Å². The van der Waals surface area contributed by atoms with Crippen LogP contribution in [0.15, 0.2) is 23.1 Å². The Bertz CT molecular complexity index is 696. The average Bonchev–Trinajstić information content (AvgIpc) is 2.68. The number of hydrogen-bond acceptors (Lipinski definition) is 5. The highest BCUT2D eigenvalue weighted by Crippen LogP contribution is 2.32. The third-order valence-electron chi connectivity index (χ3n) is 5.62. The minimum Gasteiger partial charge on any atom is -0.495 e. The molecule has 0 radical (unpaired) electrons. The Labute approximate surface area is 157 Å². The first-order valence-corrected chi connectivity index (χ1v) is 11.2. The summed E-state index contributed by atoms with van der Waals surface area (Å²) in [6, 6.07) is 5.11. The van der Waals surface area contributed by atoms with Gasteiger partial charge in [0.2, 0.25) is 10.0 Å². The zero-order valence-corrected chi connectivity index (χ0v) is 16.6. The molecule has 1 saturated heterocycles. The summed E-state index contributed by atoms with van der Waals surface area (Å²) >= 11 is 0. The van der Waals surface area contributed by atoms with E-state index in [9.17, 15) is 8.42 Å². The van der Waals surface area contributed by atoms with Crippen LogP contribution in [0.2, 0.25) is 0 Å². The standard InChI is InChI=1S/C19H31N3O3S/c1-15(16-6-4-3-5-7-16)21-26(23,24)17-8-9-19(25-2)18(14-17)22-12-10-20-11-13-22/h8-9,14-16,20-21H,3-7,10-13H2,1-2H3/t15-/m1/s1. The third kappa shape index (κ3) is 4.50. The van der Waals surface area contributed by atoms with Crippen molar-refractivity contribution in [2.45, 2.75) is 50.0 Å². The summed E-state index contributed by atoms with van der Waals surface area (Å²) in [6.07, 6.45) is 5.89. The average molecular weight is 382 g/mol. The van der Waals surface area contributed by atoms with Crippen molar-refractivity contribution in [3.63, 3.8) is 0 Å². The minimum atomic E-state index is -3.54. The Morgan fingerprint density at radius 3 is 2.54 bits per heavy atom. The van der Waals surface area contributed by atoms with E-state index in [1.165, 1.54) is 19.3 Å². The number of sulfonamides is 1. The number of methoxy groups -OCH3 is 1. The highest BCUT2D eigenvalue weighted by atomic mass is 32.2. The molecule has 3 rings (SSSR count). The van der Waals surface area contributed by atoms with Crippen LogP contribution >= 0.6 is 0 Å². The molecule has 7 heteroatoms. The Kier molecular flexibility index (Phi) is 6.42. The van der Waals surface area contributed by atoms with Crippen molar-refractivity contribution in [3.05, 3.63) is 18.2 Å². The van der Waals surface area contributed by atoms with Gasteiger partial charge in [-0.15, -0.1) is 0 Å². The van der Waals surface area contributed by atoms with Crippen LogP contribution in [-0.2, 0) is 10.0 Å². The van der Waals surface area contributed by atoms with E-state index in [0.29, 0.717) is 16.6 Å². The molecule has 0 unspecified atom stereocenters. The molecule has 6 nitrogen and oxygen atoms in total. The zero-order valence-electron chi connectivity index (χ0n) is 15.8. The Balaban J connectivity index is 1.80. The fourth-order valence-corrected chi connectivity index (χ4v) is 5.36. The summed E-state index contributed by atoms with van der Waals surface area (Å²) in [5.74, 6) is 1.15. The summed E-state index contributed by atoms with van der Waals surface area (Å²) in [4.78, 5) is 2.49. The van der Waals surface area contributed by atoms with Gasteiger partial charge in [0.05, 0.1) is 17.7 Å². The van der Waals surface area contributed by atoms with Crippen LogP contribution in [0.5, 0.6) is 5.75 Å². The van der Waals surface area contributed by atoms with Gasteiger partial charge < -0.3 is 15.0 Å². The lowest BCUT2D eigenvalue weighted by Gasteiger charge is -2.31. The molecule has 1 aromatic carbocycles. The van der Waals surface area contributed by atoms with Gasteiger partial charge >= 0.3 is 0 Å². The maximum absolute atomic E-state index is 12.9. The molecule has 0 bridgehead atoms. The third-order valence-corrected chi connectivity index (χ3v) is 7.17. The predicted molar refractivity (Wildman–Crippen MR) is 104 cm³/mol. The van der Waals surface area contributed by atoms with Crippen molar-refractivity contribution >= 4 is 15.7 Å². The quantitative estimate of drug-likeness (QED) is 0.792. The molecule has 2 aliphatic rings. The molecule has 146 valence electrons. The van der Waals surface area contributed by atoms with E-state index in [1.807, 2.05) is 6.92 Å². The number of hydrogen-bond donors (Lipinski definition) is 2.